The van der Waals surface area contributed by atoms with Gasteiger partial charge in [0.05, 0.1) is 55.1 Å². The number of rotatable bonds is 31. The Morgan fingerprint density at radius 2 is 1.45 bits per heavy atom. The van der Waals surface area contributed by atoms with Crippen LogP contribution in [0.25, 0.3) is 0 Å². The van der Waals surface area contributed by atoms with Crippen molar-refractivity contribution in [2.75, 3.05) is 48.5 Å². The molecule has 10 atom stereocenters. The number of likely N-dealkylation sites (tertiary alicyclic amines) is 1. The monoisotopic (exact) mass is 1050 g/mol. The first kappa shape index (κ1) is 65.6. The first-order chi connectivity index (χ1) is 35.0. The molecule has 2 aliphatic rings. The molecule has 75 heavy (non-hydrogen) atoms. The molecule has 2 aliphatic heterocycles. The van der Waals surface area contributed by atoms with Crippen LogP contribution in [-0.2, 0) is 52.6 Å². The van der Waals surface area contributed by atoms with E-state index in [1.54, 1.807) is 44.7 Å². The van der Waals surface area contributed by atoms with Crippen LogP contribution in [0.15, 0.2) is 47.6 Å². The minimum Gasteiger partial charge on any atom is -0.455 e. The molecule has 7 amide bonds. The van der Waals surface area contributed by atoms with E-state index in [4.69, 9.17) is 14.2 Å². The Hall–Kier alpha value is -5.53. The van der Waals surface area contributed by atoms with Gasteiger partial charge >= 0.3 is 5.97 Å². The highest BCUT2D eigenvalue weighted by Gasteiger charge is 2.43. The summed E-state index contributed by atoms with van der Waals surface area (Å²) < 4.78 is 18.1. The maximum Gasteiger partial charge on any atom is 0.306 e. The van der Waals surface area contributed by atoms with Gasteiger partial charge in [-0.2, -0.15) is 5.10 Å². The van der Waals surface area contributed by atoms with Crippen LogP contribution >= 0.6 is 0 Å². The molecule has 0 radical (unpaired) electrons. The normalized spacial score (nSPS) is 18.4. The Bertz CT molecular complexity index is 2070. The van der Waals surface area contributed by atoms with Gasteiger partial charge in [0, 0.05) is 58.6 Å². The number of carbonyl (C=O) groups is 8. The van der Waals surface area contributed by atoms with Crippen LogP contribution in [0.1, 0.15) is 146 Å². The maximum absolute atomic E-state index is 14.5. The quantitative estimate of drug-likeness (QED) is 0.0263. The van der Waals surface area contributed by atoms with E-state index < -0.39 is 60.4 Å². The summed E-state index contributed by atoms with van der Waals surface area (Å²) in [6, 6.07) is 6.27. The van der Waals surface area contributed by atoms with Crippen molar-refractivity contribution >= 4 is 53.0 Å². The number of nitrogens with one attached hydrogen (secondary N) is 3. The van der Waals surface area contributed by atoms with Crippen LogP contribution in [0.5, 0.6) is 0 Å². The number of amides is 7. The summed E-state index contributed by atoms with van der Waals surface area (Å²) in [6.07, 6.45) is 4.41. The number of hydrogen-bond donors (Lipinski definition) is 3. The van der Waals surface area contributed by atoms with Crippen molar-refractivity contribution in [3.63, 3.8) is 0 Å². The molecular weight excluding hydrogens is 961 g/mol. The summed E-state index contributed by atoms with van der Waals surface area (Å²) in [5.74, 6) is -3.50. The van der Waals surface area contributed by atoms with Gasteiger partial charge in [-0.25, -0.2) is 5.43 Å². The number of ether oxygens (including phenoxy) is 3. The van der Waals surface area contributed by atoms with Crippen molar-refractivity contribution in [1.29, 1.82) is 0 Å². The van der Waals surface area contributed by atoms with Gasteiger partial charge in [0.25, 0.3) is 11.8 Å². The predicted molar refractivity (Wildman–Crippen MR) is 290 cm³/mol. The van der Waals surface area contributed by atoms with Crippen LogP contribution < -0.4 is 16.1 Å². The lowest BCUT2D eigenvalue weighted by atomic mass is 9.89. The highest BCUT2D eigenvalue weighted by atomic mass is 16.5. The number of methoxy groups -OCH3 is 2. The van der Waals surface area contributed by atoms with E-state index in [1.165, 1.54) is 24.2 Å². The number of likely N-dealkylation sites (N-methyl/N-ethyl adjacent to an activating group) is 2. The minimum atomic E-state index is -0.850. The van der Waals surface area contributed by atoms with E-state index in [9.17, 15) is 38.4 Å². The smallest absolute Gasteiger partial charge is 0.306 e. The molecule has 1 aromatic rings. The van der Waals surface area contributed by atoms with Gasteiger partial charge in [0.2, 0.25) is 29.5 Å². The van der Waals surface area contributed by atoms with Crippen molar-refractivity contribution in [3.8, 4) is 0 Å². The van der Waals surface area contributed by atoms with Gasteiger partial charge in [0.15, 0.2) is 0 Å². The molecule has 1 aromatic carbocycles. The van der Waals surface area contributed by atoms with E-state index in [1.807, 2.05) is 90.9 Å². The molecule has 0 aromatic heterocycles. The zero-order valence-electron chi connectivity index (χ0n) is 46.7. The summed E-state index contributed by atoms with van der Waals surface area (Å²) in [5, 5.41) is 10.2. The molecule has 19 nitrogen and oxygen atoms in total. The SMILES string of the molecule is C.CC[C@H](C)[C@@H]([C@@H](CC(=O)N1CCC[C@H]1[C@H](OC)[C@@H](C)C(=O)N[C@H](C)[C@@H](OC(=O)CC/C(C)=N/NC(=O)CCCCCN1C(=O)C=CC1=O)c1ccccc1)OC)N(C)C(=O)[C@@H](NC(=O)[C@H](C(C)C)N(C)C)C(C)C. The zero-order valence-corrected chi connectivity index (χ0v) is 46.7. The highest BCUT2D eigenvalue weighted by Crippen LogP contribution is 2.31. The van der Waals surface area contributed by atoms with E-state index in [0.29, 0.717) is 62.9 Å². The molecule has 0 bridgehead atoms. The summed E-state index contributed by atoms with van der Waals surface area (Å²) >= 11 is 0. The van der Waals surface area contributed by atoms with Crippen LogP contribution in [0, 0.1) is 23.7 Å². The lowest BCUT2D eigenvalue weighted by Crippen LogP contribution is -2.59. The molecule has 422 valence electrons. The fraction of sp³-hybridized carbons (Fsp3) is 0.696. The average Bonchev–Trinajstić information content (AvgIpc) is 3.97. The third-order valence-corrected chi connectivity index (χ3v) is 14.4. The Morgan fingerprint density at radius 3 is 2.01 bits per heavy atom. The zero-order chi connectivity index (χ0) is 55.4. The number of esters is 1. The lowest BCUT2D eigenvalue weighted by molar-refractivity contribution is -0.152. The molecule has 3 N–H and O–H groups in total. The number of nitrogens with zero attached hydrogens (tertiary/aromatic N) is 5. The maximum atomic E-state index is 14.5. The van der Waals surface area contributed by atoms with Crippen LogP contribution in [-0.4, -0.2) is 164 Å². The highest BCUT2D eigenvalue weighted by molar-refractivity contribution is 6.12. The average molecular weight is 1050 g/mol. The third-order valence-electron chi connectivity index (χ3n) is 14.4. The first-order valence-electron chi connectivity index (χ1n) is 26.5. The second kappa shape index (κ2) is 32.1. The standard InChI is InChI=1S/C55H88N8O11.CH4/c1-15-36(6)50(61(12)55(71)48(34(2)3)57-54(70)49(35(4)5)60(10)11)42(72-13)33-46(67)62-32-22-25-41(62)51(73-14)38(8)53(69)56-39(9)52(40-23-18-16-19-24-40)74-47(68)30-27-37(7)58-59-43(64)26-20-17-21-31-63-44(65)28-29-45(63)66;/h16,18-19,23-24,28-29,34-36,38-39,41-42,48-52H,15,17,20-22,25-27,30-33H2,1-14H3,(H,56,69)(H,57,70)(H,59,64);1H4/b58-37+;/t36-,38+,39+,41-,42+,48-,49-,50-,51+,52+;/m0./s1. The van der Waals surface area contributed by atoms with E-state index in [2.05, 4.69) is 21.2 Å². The van der Waals surface area contributed by atoms with E-state index >= 15 is 0 Å². The number of unbranched alkanes of at least 4 members (excludes halogenated alkanes) is 2. The molecule has 0 saturated carbocycles. The topological polar surface area (TPSA) is 226 Å². The van der Waals surface area contributed by atoms with E-state index in [0.717, 1.165) is 0 Å². The minimum absolute atomic E-state index is 0. The van der Waals surface area contributed by atoms with Gasteiger partial charge < -0.3 is 34.6 Å². The van der Waals surface area contributed by atoms with Crippen molar-refractivity contribution in [2.45, 2.75) is 182 Å². The number of hydrogen-bond acceptors (Lipinski definition) is 13. The molecule has 1 saturated heterocycles. The Kier molecular flexibility index (Phi) is 28.1. The molecule has 0 aliphatic carbocycles. The van der Waals surface area contributed by atoms with Gasteiger partial charge in [-0.05, 0) is 83.4 Å². The van der Waals surface area contributed by atoms with Gasteiger partial charge in [-0.1, -0.05) is 99.1 Å². The Morgan fingerprint density at radius 1 is 0.813 bits per heavy atom. The Labute approximate surface area is 447 Å². The fourth-order valence-corrected chi connectivity index (χ4v) is 10.1. The van der Waals surface area contributed by atoms with Crippen LogP contribution in [0.4, 0.5) is 0 Å². The van der Waals surface area contributed by atoms with Crippen LogP contribution in [0.2, 0.25) is 0 Å². The molecule has 0 spiro atoms. The summed E-state index contributed by atoms with van der Waals surface area (Å²) in [5.41, 5.74) is 3.71. The number of imide groups is 1. The fourth-order valence-electron chi connectivity index (χ4n) is 10.1. The number of benzene rings is 1. The molecule has 2 heterocycles. The second-order valence-electron chi connectivity index (χ2n) is 20.9. The summed E-state index contributed by atoms with van der Waals surface area (Å²) in [7, 11) is 8.47. The first-order valence-corrected chi connectivity index (χ1v) is 26.5. The second-order valence-corrected chi connectivity index (χ2v) is 20.9. The molecule has 0 unspecified atom stereocenters. The van der Waals surface area contributed by atoms with Crippen LogP contribution in [0.3, 0.4) is 0 Å². The third kappa shape index (κ3) is 19.2. The van der Waals surface area contributed by atoms with Crippen molar-refractivity contribution in [1.82, 2.24) is 35.7 Å². The Balaban J connectivity index is 0.0000193. The largest absolute Gasteiger partial charge is 0.455 e. The summed E-state index contributed by atoms with van der Waals surface area (Å²) in [4.78, 5) is 112. The van der Waals surface area contributed by atoms with Crippen molar-refractivity contribution in [3.05, 3.63) is 48.0 Å². The molecule has 3 rings (SSSR count). The van der Waals surface area contributed by atoms with Crippen molar-refractivity contribution in [2.24, 2.45) is 28.8 Å². The number of hydrazone groups is 1. The predicted octanol–water partition coefficient (Wildman–Crippen LogP) is 5.82. The van der Waals surface area contributed by atoms with Gasteiger partial charge in [0.1, 0.15) is 12.1 Å². The molecule has 1 fully saturated rings. The lowest BCUT2D eigenvalue weighted by Gasteiger charge is -2.41. The van der Waals surface area contributed by atoms with Gasteiger partial charge in [-0.15, -0.1) is 0 Å². The molecular formula is C56H92N8O11. The number of carbonyl (C=O) groups excluding carboxylic acids is 8. The molecule has 19 heteroatoms. The van der Waals surface area contributed by atoms with Gasteiger partial charge in [-0.3, -0.25) is 48.2 Å². The summed E-state index contributed by atoms with van der Waals surface area (Å²) in [6.45, 7) is 17.8. The van der Waals surface area contributed by atoms with Crippen molar-refractivity contribution < 1.29 is 52.6 Å². The van der Waals surface area contributed by atoms with E-state index in [-0.39, 0.29) is 92.2 Å².